The number of amides is 2. The maximum absolute atomic E-state index is 12.0. The van der Waals surface area contributed by atoms with E-state index in [-0.39, 0.29) is 30.3 Å². The van der Waals surface area contributed by atoms with Crippen LogP contribution in [0.4, 0.5) is 5.69 Å². The Kier molecular flexibility index (Phi) is 5.42. The van der Waals surface area contributed by atoms with Crippen molar-refractivity contribution in [1.29, 1.82) is 0 Å². The summed E-state index contributed by atoms with van der Waals surface area (Å²) >= 11 is 0. The van der Waals surface area contributed by atoms with Crippen LogP contribution in [0.25, 0.3) is 0 Å². The van der Waals surface area contributed by atoms with E-state index < -0.39 is 0 Å². The van der Waals surface area contributed by atoms with Gasteiger partial charge in [-0.3, -0.25) is 14.5 Å². The van der Waals surface area contributed by atoms with E-state index in [4.69, 9.17) is 0 Å². The Balaban J connectivity index is 1.78. The van der Waals surface area contributed by atoms with Gasteiger partial charge >= 0.3 is 0 Å². The number of nitrogens with one attached hydrogen (secondary N) is 2. The molecule has 2 N–H and O–H groups in total. The summed E-state index contributed by atoms with van der Waals surface area (Å²) < 4.78 is 0. The normalized spacial score (nSPS) is 14.7. The smallest absolute Gasteiger partial charge is 0.238 e. The van der Waals surface area contributed by atoms with Gasteiger partial charge in [-0.2, -0.15) is 0 Å². The lowest BCUT2D eigenvalue weighted by molar-refractivity contribution is -0.123. The number of benzene rings is 1. The average molecular weight is 317 g/mol. The maximum Gasteiger partial charge on any atom is 0.238 e. The van der Waals surface area contributed by atoms with E-state index in [0.29, 0.717) is 6.04 Å². The summed E-state index contributed by atoms with van der Waals surface area (Å²) in [7, 11) is 1.77. The summed E-state index contributed by atoms with van der Waals surface area (Å²) in [4.78, 5) is 25.4. The van der Waals surface area contributed by atoms with Gasteiger partial charge in [-0.25, -0.2) is 0 Å². The quantitative estimate of drug-likeness (QED) is 0.845. The van der Waals surface area contributed by atoms with Gasteiger partial charge in [0.1, 0.15) is 0 Å². The highest BCUT2D eigenvalue weighted by Gasteiger charge is 2.23. The summed E-state index contributed by atoms with van der Waals surface area (Å²) in [5.74, 6) is -0.132. The molecule has 0 bridgehead atoms. The molecule has 0 unspecified atom stereocenters. The van der Waals surface area contributed by atoms with Crippen LogP contribution in [0, 0.1) is 0 Å². The molecule has 1 aliphatic rings. The van der Waals surface area contributed by atoms with Crippen molar-refractivity contribution in [2.24, 2.45) is 0 Å². The van der Waals surface area contributed by atoms with Gasteiger partial charge in [0.25, 0.3) is 0 Å². The van der Waals surface area contributed by atoms with E-state index in [2.05, 4.69) is 31.4 Å². The van der Waals surface area contributed by atoms with Crippen LogP contribution in [0.5, 0.6) is 0 Å². The second-order valence-electron chi connectivity index (χ2n) is 7.39. The van der Waals surface area contributed by atoms with Crippen molar-refractivity contribution in [2.45, 2.75) is 45.1 Å². The van der Waals surface area contributed by atoms with Crippen molar-refractivity contribution in [1.82, 2.24) is 10.2 Å². The lowest BCUT2D eigenvalue weighted by atomic mass is 9.87. The van der Waals surface area contributed by atoms with Gasteiger partial charge in [0.2, 0.25) is 11.8 Å². The van der Waals surface area contributed by atoms with Crippen LogP contribution in [0.15, 0.2) is 24.3 Å². The Morgan fingerprint density at radius 3 is 2.17 bits per heavy atom. The molecule has 0 spiro atoms. The molecule has 126 valence electrons. The topological polar surface area (TPSA) is 61.4 Å². The zero-order valence-electron chi connectivity index (χ0n) is 14.5. The van der Waals surface area contributed by atoms with Crippen LogP contribution in [-0.2, 0) is 15.0 Å². The summed E-state index contributed by atoms with van der Waals surface area (Å²) in [5, 5.41) is 5.78. The number of rotatable bonds is 6. The first-order chi connectivity index (χ1) is 10.7. The van der Waals surface area contributed by atoms with E-state index in [1.807, 2.05) is 24.3 Å². The Bertz CT molecular complexity index is 557. The first-order valence-electron chi connectivity index (χ1n) is 8.12. The zero-order valence-corrected chi connectivity index (χ0v) is 14.5. The summed E-state index contributed by atoms with van der Waals surface area (Å²) in [5.41, 5.74) is 2.10. The average Bonchev–Trinajstić information content (AvgIpc) is 3.21. The molecule has 0 heterocycles. The molecule has 0 aliphatic heterocycles. The highest BCUT2D eigenvalue weighted by Crippen LogP contribution is 2.23. The molecule has 0 atom stereocenters. The fourth-order valence-electron chi connectivity index (χ4n) is 2.30. The molecule has 5 heteroatoms. The SMILES string of the molecule is CN(CC(=O)Nc1ccc(C(C)(C)C)cc1)CC(=O)NC1CC1. The Labute approximate surface area is 138 Å². The molecule has 1 aromatic carbocycles. The van der Waals surface area contributed by atoms with Crippen molar-refractivity contribution in [3.8, 4) is 0 Å². The van der Waals surface area contributed by atoms with E-state index >= 15 is 0 Å². The highest BCUT2D eigenvalue weighted by atomic mass is 16.2. The molecule has 1 saturated carbocycles. The Morgan fingerprint density at radius 1 is 1.09 bits per heavy atom. The molecule has 2 amide bonds. The van der Waals surface area contributed by atoms with Gasteiger partial charge in [0, 0.05) is 11.7 Å². The molecule has 0 saturated heterocycles. The first kappa shape index (κ1) is 17.5. The summed E-state index contributed by atoms with van der Waals surface area (Å²) in [6.45, 7) is 6.90. The number of nitrogens with zero attached hydrogens (tertiary/aromatic N) is 1. The number of carbonyl (C=O) groups excluding carboxylic acids is 2. The van der Waals surface area contributed by atoms with Crippen molar-refractivity contribution in [3.05, 3.63) is 29.8 Å². The lowest BCUT2D eigenvalue weighted by Crippen LogP contribution is -2.39. The Hall–Kier alpha value is -1.88. The molecular formula is C18H27N3O2. The first-order valence-corrected chi connectivity index (χ1v) is 8.12. The molecule has 1 aromatic rings. The molecule has 1 fully saturated rings. The number of likely N-dealkylation sites (N-methyl/N-ethyl adjacent to an activating group) is 1. The number of hydrogen-bond donors (Lipinski definition) is 2. The summed E-state index contributed by atoms with van der Waals surface area (Å²) in [6, 6.07) is 8.24. The summed E-state index contributed by atoms with van der Waals surface area (Å²) in [6.07, 6.45) is 2.14. The fraction of sp³-hybridized carbons (Fsp3) is 0.556. The molecule has 0 aromatic heterocycles. The van der Waals surface area contributed by atoms with E-state index in [1.165, 1.54) is 5.56 Å². The molecule has 1 aliphatic carbocycles. The fourth-order valence-corrected chi connectivity index (χ4v) is 2.30. The molecule has 2 rings (SSSR count). The van der Waals surface area contributed by atoms with Gasteiger partial charge in [0.05, 0.1) is 13.1 Å². The third-order valence-electron chi connectivity index (χ3n) is 3.80. The van der Waals surface area contributed by atoms with Crippen LogP contribution in [0.3, 0.4) is 0 Å². The third kappa shape index (κ3) is 6.02. The van der Waals surface area contributed by atoms with Crippen molar-refractivity contribution < 1.29 is 9.59 Å². The number of anilines is 1. The minimum atomic E-state index is -0.116. The van der Waals surface area contributed by atoms with Crippen LogP contribution < -0.4 is 10.6 Å². The van der Waals surface area contributed by atoms with Crippen LogP contribution in [0.2, 0.25) is 0 Å². The predicted octanol–water partition coefficient (Wildman–Crippen LogP) is 2.13. The Morgan fingerprint density at radius 2 is 1.65 bits per heavy atom. The maximum atomic E-state index is 12.0. The second kappa shape index (κ2) is 7.13. The lowest BCUT2D eigenvalue weighted by Gasteiger charge is -2.19. The van der Waals surface area contributed by atoms with Gasteiger partial charge in [-0.1, -0.05) is 32.9 Å². The number of carbonyl (C=O) groups is 2. The standard InChI is InChI=1S/C18H27N3O2/c1-18(2,3)13-5-7-14(8-6-13)19-16(22)11-21(4)12-17(23)20-15-9-10-15/h5-8,15H,9-12H2,1-4H3,(H,19,22)(H,20,23). The van der Waals surface area contributed by atoms with Crippen LogP contribution in [-0.4, -0.2) is 42.9 Å². The van der Waals surface area contributed by atoms with E-state index in [9.17, 15) is 9.59 Å². The monoisotopic (exact) mass is 317 g/mol. The van der Waals surface area contributed by atoms with E-state index in [1.54, 1.807) is 11.9 Å². The van der Waals surface area contributed by atoms with Gasteiger partial charge < -0.3 is 10.6 Å². The van der Waals surface area contributed by atoms with Crippen LogP contribution in [0.1, 0.15) is 39.2 Å². The van der Waals surface area contributed by atoms with Crippen molar-refractivity contribution in [2.75, 3.05) is 25.5 Å². The van der Waals surface area contributed by atoms with E-state index in [0.717, 1.165) is 18.5 Å². The minimum absolute atomic E-state index is 0.0164. The van der Waals surface area contributed by atoms with Gasteiger partial charge in [0.15, 0.2) is 0 Å². The van der Waals surface area contributed by atoms with Crippen molar-refractivity contribution in [3.63, 3.8) is 0 Å². The largest absolute Gasteiger partial charge is 0.352 e. The van der Waals surface area contributed by atoms with Gasteiger partial charge in [-0.15, -0.1) is 0 Å². The third-order valence-corrected chi connectivity index (χ3v) is 3.80. The predicted molar refractivity (Wildman–Crippen MR) is 92.4 cm³/mol. The van der Waals surface area contributed by atoms with Crippen molar-refractivity contribution >= 4 is 17.5 Å². The highest BCUT2D eigenvalue weighted by molar-refractivity contribution is 5.92. The minimum Gasteiger partial charge on any atom is -0.352 e. The number of hydrogen-bond acceptors (Lipinski definition) is 3. The van der Waals surface area contributed by atoms with Crippen LogP contribution >= 0.6 is 0 Å². The second-order valence-corrected chi connectivity index (χ2v) is 7.39. The van der Waals surface area contributed by atoms with Gasteiger partial charge in [-0.05, 0) is 43.0 Å². The molecule has 23 heavy (non-hydrogen) atoms. The molecular weight excluding hydrogens is 290 g/mol. The molecule has 5 nitrogen and oxygen atoms in total. The molecule has 0 radical (unpaired) electrons. The zero-order chi connectivity index (χ0) is 17.0.